The van der Waals surface area contributed by atoms with Crippen molar-refractivity contribution < 1.29 is 0 Å². The van der Waals surface area contributed by atoms with E-state index in [1.54, 1.807) is 0 Å². The standard InChI is InChI=1S/C16H24N2S/c1-3-18(15-12-8-7-9-13(15)2)16(19)17-14-10-5-4-6-11-14/h7-9,12,14H,3-6,10-11H2,1-2H3,(H,17,19). The zero-order valence-electron chi connectivity index (χ0n) is 12.0. The Bertz CT molecular complexity index is 425. The number of benzene rings is 1. The monoisotopic (exact) mass is 276 g/mol. The van der Waals surface area contributed by atoms with Crippen molar-refractivity contribution in [2.75, 3.05) is 11.4 Å². The molecule has 0 amide bonds. The third-order valence-corrected chi connectivity index (χ3v) is 4.24. The van der Waals surface area contributed by atoms with Gasteiger partial charge in [-0.1, -0.05) is 37.5 Å². The fourth-order valence-corrected chi connectivity index (χ4v) is 3.18. The Morgan fingerprint density at radius 2 is 1.95 bits per heavy atom. The highest BCUT2D eigenvalue weighted by Gasteiger charge is 2.18. The second kappa shape index (κ2) is 6.90. The maximum Gasteiger partial charge on any atom is 0.173 e. The van der Waals surface area contributed by atoms with Gasteiger partial charge in [-0.2, -0.15) is 0 Å². The van der Waals surface area contributed by atoms with Crippen LogP contribution in [0.1, 0.15) is 44.6 Å². The van der Waals surface area contributed by atoms with Gasteiger partial charge >= 0.3 is 0 Å². The summed E-state index contributed by atoms with van der Waals surface area (Å²) in [5.41, 5.74) is 2.50. The molecule has 0 heterocycles. The molecule has 0 spiro atoms. The van der Waals surface area contributed by atoms with Gasteiger partial charge in [0.05, 0.1) is 0 Å². The van der Waals surface area contributed by atoms with Gasteiger partial charge in [0.1, 0.15) is 0 Å². The van der Waals surface area contributed by atoms with Crippen LogP contribution in [0.25, 0.3) is 0 Å². The van der Waals surface area contributed by atoms with Gasteiger partial charge in [-0.15, -0.1) is 0 Å². The smallest absolute Gasteiger partial charge is 0.173 e. The first-order chi connectivity index (χ1) is 9.22. The first kappa shape index (κ1) is 14.3. The summed E-state index contributed by atoms with van der Waals surface area (Å²) in [5.74, 6) is 0. The van der Waals surface area contributed by atoms with Crippen molar-refractivity contribution in [2.45, 2.75) is 52.0 Å². The number of thiocarbonyl (C=S) groups is 1. The Hall–Kier alpha value is -1.09. The fourth-order valence-electron chi connectivity index (χ4n) is 2.79. The first-order valence-electron chi connectivity index (χ1n) is 7.36. The number of nitrogens with one attached hydrogen (secondary N) is 1. The number of nitrogens with zero attached hydrogens (tertiary/aromatic N) is 1. The van der Waals surface area contributed by atoms with Gasteiger partial charge < -0.3 is 10.2 Å². The van der Waals surface area contributed by atoms with Crippen molar-refractivity contribution in [3.63, 3.8) is 0 Å². The van der Waals surface area contributed by atoms with Gasteiger partial charge in [-0.25, -0.2) is 0 Å². The Morgan fingerprint density at radius 3 is 2.58 bits per heavy atom. The normalized spacial score (nSPS) is 16.1. The van der Waals surface area contributed by atoms with E-state index in [9.17, 15) is 0 Å². The van der Waals surface area contributed by atoms with Gasteiger partial charge in [-0.3, -0.25) is 0 Å². The van der Waals surface area contributed by atoms with Crippen LogP contribution in [0.4, 0.5) is 5.69 Å². The van der Waals surface area contributed by atoms with Crippen molar-refractivity contribution >= 4 is 23.0 Å². The molecule has 1 saturated carbocycles. The predicted molar refractivity (Wildman–Crippen MR) is 86.8 cm³/mol. The van der Waals surface area contributed by atoms with E-state index in [0.717, 1.165) is 11.7 Å². The zero-order chi connectivity index (χ0) is 13.7. The molecule has 3 heteroatoms. The maximum atomic E-state index is 5.61. The van der Waals surface area contributed by atoms with Crippen molar-refractivity contribution in [2.24, 2.45) is 0 Å². The number of aryl methyl sites for hydroxylation is 1. The van der Waals surface area contributed by atoms with Crippen LogP contribution in [-0.2, 0) is 0 Å². The Balaban J connectivity index is 2.04. The number of rotatable bonds is 3. The summed E-state index contributed by atoms with van der Waals surface area (Å²) in [7, 11) is 0. The zero-order valence-corrected chi connectivity index (χ0v) is 12.8. The molecule has 2 rings (SSSR count). The average Bonchev–Trinajstić information content (AvgIpc) is 2.43. The quantitative estimate of drug-likeness (QED) is 0.839. The molecule has 0 saturated heterocycles. The van der Waals surface area contributed by atoms with E-state index >= 15 is 0 Å². The molecule has 0 bridgehead atoms. The van der Waals surface area contributed by atoms with Crippen LogP contribution in [0.5, 0.6) is 0 Å². The van der Waals surface area contributed by atoms with Crippen LogP contribution in [0.2, 0.25) is 0 Å². The summed E-state index contributed by atoms with van der Waals surface area (Å²) in [4.78, 5) is 2.21. The number of hydrogen-bond acceptors (Lipinski definition) is 1. The van der Waals surface area contributed by atoms with Gasteiger partial charge in [0.25, 0.3) is 0 Å². The van der Waals surface area contributed by atoms with Gasteiger partial charge in [-0.05, 0) is 50.5 Å². The third-order valence-electron chi connectivity index (χ3n) is 3.90. The van der Waals surface area contributed by atoms with E-state index in [4.69, 9.17) is 12.2 Å². The molecule has 1 aromatic rings. The summed E-state index contributed by atoms with van der Waals surface area (Å²) >= 11 is 5.61. The van der Waals surface area contributed by atoms with Crippen molar-refractivity contribution in [1.82, 2.24) is 5.32 Å². The van der Waals surface area contributed by atoms with Crippen LogP contribution in [0.3, 0.4) is 0 Å². The van der Waals surface area contributed by atoms with Gasteiger partial charge in [0.2, 0.25) is 0 Å². The highest BCUT2D eigenvalue weighted by atomic mass is 32.1. The minimum atomic E-state index is 0.569. The van der Waals surface area contributed by atoms with Crippen LogP contribution >= 0.6 is 12.2 Å². The molecule has 104 valence electrons. The van der Waals surface area contributed by atoms with Crippen molar-refractivity contribution in [3.05, 3.63) is 29.8 Å². The van der Waals surface area contributed by atoms with E-state index in [1.165, 1.54) is 43.4 Å². The van der Waals surface area contributed by atoms with Crippen LogP contribution in [0.15, 0.2) is 24.3 Å². The van der Waals surface area contributed by atoms with E-state index in [2.05, 4.69) is 48.3 Å². The van der Waals surface area contributed by atoms with Crippen LogP contribution in [-0.4, -0.2) is 17.7 Å². The third kappa shape index (κ3) is 3.69. The van der Waals surface area contributed by atoms with Crippen LogP contribution in [0, 0.1) is 6.92 Å². The lowest BCUT2D eigenvalue weighted by molar-refractivity contribution is 0.413. The SMILES string of the molecule is CCN(C(=S)NC1CCCCC1)c1ccccc1C. The number of hydrogen-bond donors (Lipinski definition) is 1. The maximum absolute atomic E-state index is 5.61. The van der Waals surface area contributed by atoms with E-state index < -0.39 is 0 Å². The van der Waals surface area contributed by atoms with Crippen molar-refractivity contribution in [3.8, 4) is 0 Å². The summed E-state index contributed by atoms with van der Waals surface area (Å²) < 4.78 is 0. The molecule has 19 heavy (non-hydrogen) atoms. The van der Waals surface area contributed by atoms with Gasteiger partial charge in [0.15, 0.2) is 5.11 Å². The van der Waals surface area contributed by atoms with Gasteiger partial charge in [0, 0.05) is 18.3 Å². The molecule has 0 aromatic heterocycles. The molecule has 1 N–H and O–H groups in total. The second-order valence-electron chi connectivity index (χ2n) is 5.32. The van der Waals surface area contributed by atoms with E-state index in [-0.39, 0.29) is 0 Å². The predicted octanol–water partition coefficient (Wildman–Crippen LogP) is 4.03. The molecule has 0 unspecified atom stereocenters. The Kier molecular flexibility index (Phi) is 5.20. The molecule has 1 aliphatic rings. The lowest BCUT2D eigenvalue weighted by Crippen LogP contribution is -2.45. The van der Waals surface area contributed by atoms with E-state index in [1.807, 2.05) is 0 Å². The molecule has 2 nitrogen and oxygen atoms in total. The van der Waals surface area contributed by atoms with Crippen LogP contribution < -0.4 is 10.2 Å². The van der Waals surface area contributed by atoms with Crippen molar-refractivity contribution in [1.29, 1.82) is 0 Å². The van der Waals surface area contributed by atoms with E-state index in [0.29, 0.717) is 6.04 Å². The number of para-hydroxylation sites is 1. The molecule has 0 atom stereocenters. The Morgan fingerprint density at radius 1 is 1.26 bits per heavy atom. The molecule has 0 aliphatic heterocycles. The molecule has 0 radical (unpaired) electrons. The highest BCUT2D eigenvalue weighted by Crippen LogP contribution is 2.21. The largest absolute Gasteiger partial charge is 0.360 e. The fraction of sp³-hybridized carbons (Fsp3) is 0.562. The minimum absolute atomic E-state index is 0.569. The molecule has 1 aromatic carbocycles. The lowest BCUT2D eigenvalue weighted by atomic mass is 9.96. The second-order valence-corrected chi connectivity index (χ2v) is 5.70. The molecule has 1 fully saturated rings. The number of anilines is 1. The summed E-state index contributed by atoms with van der Waals surface area (Å²) in [6.07, 6.45) is 6.55. The average molecular weight is 276 g/mol. The lowest BCUT2D eigenvalue weighted by Gasteiger charge is -2.31. The minimum Gasteiger partial charge on any atom is -0.360 e. The Labute approximate surface area is 122 Å². The summed E-state index contributed by atoms with van der Waals surface area (Å²) in [5, 5.41) is 4.43. The summed E-state index contributed by atoms with van der Waals surface area (Å²) in [6, 6.07) is 9.01. The topological polar surface area (TPSA) is 15.3 Å². The molecular weight excluding hydrogens is 252 g/mol. The highest BCUT2D eigenvalue weighted by molar-refractivity contribution is 7.80. The summed E-state index contributed by atoms with van der Waals surface area (Å²) in [6.45, 7) is 5.20. The molecule has 1 aliphatic carbocycles. The molecular formula is C16H24N2S. The first-order valence-corrected chi connectivity index (χ1v) is 7.77.